The Morgan fingerprint density at radius 2 is 1.76 bits per heavy atom. The van der Waals surface area contributed by atoms with Crippen LogP contribution in [-0.2, 0) is 25.7 Å². The van der Waals surface area contributed by atoms with Crippen LogP contribution in [0.1, 0.15) is 65.9 Å². The van der Waals surface area contributed by atoms with Gasteiger partial charge in [0.25, 0.3) is 11.8 Å². The fourth-order valence-corrected chi connectivity index (χ4v) is 4.87. The van der Waals surface area contributed by atoms with Crippen molar-refractivity contribution in [2.45, 2.75) is 78.4 Å². The van der Waals surface area contributed by atoms with Crippen molar-refractivity contribution in [1.82, 2.24) is 15.1 Å². The zero-order valence-electron chi connectivity index (χ0n) is 20.9. The van der Waals surface area contributed by atoms with Crippen LogP contribution < -0.4 is 5.32 Å². The highest BCUT2D eigenvalue weighted by Crippen LogP contribution is 2.43. The Balaban J connectivity index is 1.54. The van der Waals surface area contributed by atoms with E-state index in [0.29, 0.717) is 25.3 Å². The van der Waals surface area contributed by atoms with Gasteiger partial charge in [0.2, 0.25) is 0 Å². The maximum Gasteiger partial charge on any atom is 0.326 e. The van der Waals surface area contributed by atoms with Crippen LogP contribution in [0.4, 0.5) is 4.79 Å². The molecule has 0 atom stereocenters. The zero-order chi connectivity index (χ0) is 25.1. The van der Waals surface area contributed by atoms with Gasteiger partial charge in [-0.15, -0.1) is 0 Å². The number of urea groups is 1. The first-order valence-corrected chi connectivity index (χ1v) is 12.1. The van der Waals surface area contributed by atoms with Gasteiger partial charge in [0.1, 0.15) is 12.1 Å². The third kappa shape index (κ3) is 5.77. The molecule has 1 saturated heterocycles. The minimum Gasteiger partial charge on any atom is -0.454 e. The Morgan fingerprint density at radius 3 is 2.32 bits per heavy atom. The fourth-order valence-electron chi connectivity index (χ4n) is 4.87. The van der Waals surface area contributed by atoms with Gasteiger partial charge < -0.3 is 15.0 Å². The lowest BCUT2D eigenvalue weighted by Gasteiger charge is -2.40. The van der Waals surface area contributed by atoms with Gasteiger partial charge in [-0.05, 0) is 56.4 Å². The summed E-state index contributed by atoms with van der Waals surface area (Å²) >= 11 is 0. The Morgan fingerprint density at radius 1 is 1.15 bits per heavy atom. The van der Waals surface area contributed by atoms with Crippen molar-refractivity contribution in [2.75, 3.05) is 13.2 Å². The number of hydrogen-bond donors (Lipinski definition) is 1. The van der Waals surface area contributed by atoms with E-state index in [4.69, 9.17) is 4.74 Å². The molecule has 1 heterocycles. The molecule has 0 aromatic heterocycles. The van der Waals surface area contributed by atoms with Gasteiger partial charge in [-0.2, -0.15) is 0 Å². The summed E-state index contributed by atoms with van der Waals surface area (Å²) in [5.41, 5.74) is 0.189. The quantitative estimate of drug-likeness (QED) is 0.485. The van der Waals surface area contributed by atoms with Gasteiger partial charge in [-0.1, -0.05) is 51.1 Å². The molecular weight excluding hydrogens is 434 g/mol. The van der Waals surface area contributed by atoms with Crippen molar-refractivity contribution < 1.29 is 23.9 Å². The molecule has 1 aliphatic carbocycles. The van der Waals surface area contributed by atoms with Crippen LogP contribution in [0, 0.1) is 11.3 Å². The Bertz CT molecular complexity index is 914. The number of hydrogen-bond acceptors (Lipinski definition) is 5. The molecule has 1 aliphatic heterocycles. The second-order valence-corrected chi connectivity index (χ2v) is 10.8. The van der Waals surface area contributed by atoms with Gasteiger partial charge in [0.15, 0.2) is 6.61 Å². The van der Waals surface area contributed by atoms with E-state index in [1.807, 2.05) is 44.2 Å². The predicted molar refractivity (Wildman–Crippen MR) is 127 cm³/mol. The molecule has 2 fully saturated rings. The molecule has 2 aliphatic rings. The van der Waals surface area contributed by atoms with Crippen molar-refractivity contribution >= 4 is 23.8 Å². The highest BCUT2D eigenvalue weighted by molar-refractivity contribution is 6.08. The van der Waals surface area contributed by atoms with Gasteiger partial charge in [-0.25, -0.2) is 4.79 Å². The average Bonchev–Trinajstić information content (AvgIpc) is 3.00. The van der Waals surface area contributed by atoms with E-state index >= 15 is 0 Å². The minimum atomic E-state index is -0.931. The molecule has 8 heteroatoms. The molecule has 1 spiro atoms. The summed E-state index contributed by atoms with van der Waals surface area (Å²) in [6.07, 6.45) is 2.81. The number of carbonyl (C=O) groups excluding carboxylic acids is 4. The van der Waals surface area contributed by atoms with Crippen molar-refractivity contribution in [3.8, 4) is 0 Å². The van der Waals surface area contributed by atoms with Gasteiger partial charge >= 0.3 is 12.0 Å². The summed E-state index contributed by atoms with van der Waals surface area (Å²) in [5.74, 6) is -1.00. The number of carbonyl (C=O) groups is 4. The van der Waals surface area contributed by atoms with E-state index in [9.17, 15) is 19.2 Å². The lowest BCUT2D eigenvalue weighted by atomic mass is 9.67. The molecule has 1 aromatic carbocycles. The van der Waals surface area contributed by atoms with E-state index in [2.05, 4.69) is 26.1 Å². The molecule has 1 saturated carbocycles. The lowest BCUT2D eigenvalue weighted by molar-refractivity contribution is -0.154. The molecule has 1 aromatic rings. The van der Waals surface area contributed by atoms with Crippen LogP contribution in [0.3, 0.4) is 0 Å². The molecule has 4 amide bonds. The maximum absolute atomic E-state index is 13.1. The van der Waals surface area contributed by atoms with Gasteiger partial charge in [-0.3, -0.25) is 19.3 Å². The average molecular weight is 472 g/mol. The van der Waals surface area contributed by atoms with Crippen LogP contribution in [-0.4, -0.2) is 58.3 Å². The molecule has 0 bridgehead atoms. The molecule has 34 heavy (non-hydrogen) atoms. The van der Waals surface area contributed by atoms with Crippen LogP contribution in [0.2, 0.25) is 0 Å². The van der Waals surface area contributed by atoms with E-state index in [-0.39, 0.29) is 23.3 Å². The normalized spacial score (nSPS) is 22.8. The third-order valence-corrected chi connectivity index (χ3v) is 7.09. The second-order valence-electron chi connectivity index (χ2n) is 10.8. The lowest BCUT2D eigenvalue weighted by Crippen LogP contribution is -2.50. The highest BCUT2D eigenvalue weighted by atomic mass is 16.5. The number of benzene rings is 1. The summed E-state index contributed by atoms with van der Waals surface area (Å²) < 4.78 is 5.16. The number of imide groups is 1. The number of nitrogens with zero attached hydrogens (tertiary/aromatic N) is 2. The second kappa shape index (κ2) is 10.2. The first-order valence-electron chi connectivity index (χ1n) is 12.1. The Hall–Kier alpha value is -2.90. The third-order valence-electron chi connectivity index (χ3n) is 7.09. The van der Waals surface area contributed by atoms with Crippen LogP contribution >= 0.6 is 0 Å². The summed E-state index contributed by atoms with van der Waals surface area (Å²) in [4.78, 5) is 53.3. The molecule has 186 valence electrons. The number of esters is 1. The summed E-state index contributed by atoms with van der Waals surface area (Å²) in [6, 6.07) is 8.91. The van der Waals surface area contributed by atoms with Gasteiger partial charge in [0.05, 0.1) is 0 Å². The van der Waals surface area contributed by atoms with E-state index in [1.54, 1.807) is 4.90 Å². The largest absolute Gasteiger partial charge is 0.454 e. The molecule has 1 N–H and O–H groups in total. The molecule has 3 rings (SSSR count). The van der Waals surface area contributed by atoms with Crippen molar-refractivity contribution in [3.63, 3.8) is 0 Å². The monoisotopic (exact) mass is 471 g/mol. The Labute approximate surface area is 202 Å². The first-order chi connectivity index (χ1) is 15.9. The van der Waals surface area contributed by atoms with E-state index < -0.39 is 30.7 Å². The SMILES string of the molecule is CC(C)N(Cc1ccccc1)C(=O)COC(=O)CN1C(=O)NC2(CCC(C(C)(C)C)CC2)C1=O. The number of amides is 4. The number of nitrogens with one attached hydrogen (secondary N) is 1. The summed E-state index contributed by atoms with van der Waals surface area (Å²) in [5, 5.41) is 2.83. The zero-order valence-corrected chi connectivity index (χ0v) is 20.9. The first kappa shape index (κ1) is 25.7. The number of rotatable bonds is 7. The summed E-state index contributed by atoms with van der Waals surface area (Å²) in [7, 11) is 0. The topological polar surface area (TPSA) is 96.0 Å². The van der Waals surface area contributed by atoms with E-state index in [0.717, 1.165) is 23.3 Å². The number of ether oxygens (including phenoxy) is 1. The smallest absolute Gasteiger partial charge is 0.326 e. The van der Waals surface area contributed by atoms with Crippen LogP contribution in [0.25, 0.3) is 0 Å². The summed E-state index contributed by atoms with van der Waals surface area (Å²) in [6.45, 7) is 9.82. The van der Waals surface area contributed by atoms with Crippen molar-refractivity contribution in [2.24, 2.45) is 11.3 Å². The molecule has 0 radical (unpaired) electrons. The standard InChI is InChI=1S/C26H37N3O5/c1-18(2)28(15-19-9-7-6-8-10-19)21(30)17-34-22(31)16-29-23(32)26(27-24(29)33)13-11-20(12-14-26)25(3,4)5/h6-10,18,20H,11-17H2,1-5H3,(H,27,33). The molecular formula is C26H37N3O5. The van der Waals surface area contributed by atoms with E-state index in [1.165, 1.54) is 0 Å². The Kier molecular flexibility index (Phi) is 7.68. The van der Waals surface area contributed by atoms with Crippen LogP contribution in [0.5, 0.6) is 0 Å². The highest BCUT2D eigenvalue weighted by Gasteiger charge is 2.53. The fraction of sp³-hybridized carbons (Fsp3) is 0.615. The van der Waals surface area contributed by atoms with Crippen molar-refractivity contribution in [1.29, 1.82) is 0 Å². The maximum atomic E-state index is 13.1. The molecule has 8 nitrogen and oxygen atoms in total. The van der Waals surface area contributed by atoms with Crippen molar-refractivity contribution in [3.05, 3.63) is 35.9 Å². The predicted octanol–water partition coefficient (Wildman–Crippen LogP) is 3.49. The minimum absolute atomic E-state index is 0.0829. The molecule has 0 unspecified atom stereocenters. The van der Waals surface area contributed by atoms with Crippen LogP contribution in [0.15, 0.2) is 30.3 Å². The van der Waals surface area contributed by atoms with Gasteiger partial charge in [0, 0.05) is 12.6 Å².